The van der Waals surface area contributed by atoms with Crippen LogP contribution in [0.4, 0.5) is 4.39 Å². The van der Waals surface area contributed by atoms with E-state index in [2.05, 4.69) is 19.2 Å². The fourth-order valence-corrected chi connectivity index (χ4v) is 3.22. The minimum Gasteiger partial charge on any atom is -0.296 e. The summed E-state index contributed by atoms with van der Waals surface area (Å²) in [4.78, 5) is 23.9. The fourth-order valence-electron chi connectivity index (χ4n) is 3.22. The average Bonchev–Trinajstić information content (AvgIpc) is 2.39. The molecule has 2 unspecified atom stereocenters. The summed E-state index contributed by atoms with van der Waals surface area (Å²) in [7, 11) is 0. The number of halogens is 1. The first-order valence-corrected chi connectivity index (χ1v) is 7.16. The van der Waals surface area contributed by atoms with Gasteiger partial charge in [-0.15, -0.1) is 0 Å². The number of piperidine rings is 1. The van der Waals surface area contributed by atoms with Crippen LogP contribution in [0.15, 0.2) is 24.3 Å². The lowest BCUT2D eigenvalue weighted by Gasteiger charge is -2.35. The first-order chi connectivity index (χ1) is 9.56. The predicted octanol–water partition coefficient (Wildman–Crippen LogP) is 3.01. The molecule has 0 radical (unpaired) electrons. The van der Waals surface area contributed by atoms with E-state index in [1.54, 1.807) is 12.1 Å². The van der Waals surface area contributed by atoms with Crippen LogP contribution in [0.25, 0.3) is 0 Å². The smallest absolute Gasteiger partial charge is 0.234 e. The highest BCUT2D eigenvalue weighted by Gasteiger charge is 2.40. The molecule has 1 aliphatic heterocycles. The summed E-state index contributed by atoms with van der Waals surface area (Å²) in [6.07, 6.45) is 2.15. The zero-order valence-electron chi connectivity index (χ0n) is 11.9. The van der Waals surface area contributed by atoms with Gasteiger partial charge in [-0.05, 0) is 29.5 Å². The lowest BCUT2D eigenvalue weighted by Crippen LogP contribution is -2.46. The molecule has 1 saturated heterocycles. The van der Waals surface area contributed by atoms with Gasteiger partial charge >= 0.3 is 0 Å². The van der Waals surface area contributed by atoms with Crippen molar-refractivity contribution in [1.82, 2.24) is 5.32 Å². The van der Waals surface area contributed by atoms with E-state index in [1.165, 1.54) is 12.1 Å². The van der Waals surface area contributed by atoms with Crippen LogP contribution in [0.1, 0.15) is 44.6 Å². The number of rotatable bonds is 4. The number of hydrogen-bond donors (Lipinski definition) is 1. The summed E-state index contributed by atoms with van der Waals surface area (Å²) in [5.74, 6) is -1.07. The maximum Gasteiger partial charge on any atom is 0.234 e. The van der Waals surface area contributed by atoms with Crippen molar-refractivity contribution in [3.8, 4) is 0 Å². The zero-order valence-corrected chi connectivity index (χ0v) is 11.9. The Morgan fingerprint density at radius 1 is 1.30 bits per heavy atom. The summed E-state index contributed by atoms with van der Waals surface area (Å²) in [6.45, 7) is 4.13. The second-order valence-electron chi connectivity index (χ2n) is 5.39. The minimum absolute atomic E-state index is 0.0481. The van der Waals surface area contributed by atoms with Crippen LogP contribution in [0, 0.1) is 17.7 Å². The molecular formula is C16H20FNO2. The Bertz CT molecular complexity index is 511. The number of imide groups is 1. The molecule has 0 saturated carbocycles. The van der Waals surface area contributed by atoms with Crippen LogP contribution >= 0.6 is 0 Å². The Hall–Kier alpha value is -1.71. The van der Waals surface area contributed by atoms with Gasteiger partial charge in [0.2, 0.25) is 11.8 Å². The highest BCUT2D eigenvalue weighted by Crippen LogP contribution is 2.38. The van der Waals surface area contributed by atoms with E-state index in [0.29, 0.717) is 17.9 Å². The van der Waals surface area contributed by atoms with Crippen LogP contribution in [0.2, 0.25) is 0 Å². The van der Waals surface area contributed by atoms with Gasteiger partial charge in [-0.3, -0.25) is 14.9 Å². The molecule has 0 aromatic heterocycles. The first-order valence-electron chi connectivity index (χ1n) is 7.16. The van der Waals surface area contributed by atoms with Crippen molar-refractivity contribution in [1.29, 1.82) is 0 Å². The molecule has 1 heterocycles. The van der Waals surface area contributed by atoms with E-state index < -0.39 is 5.92 Å². The quantitative estimate of drug-likeness (QED) is 0.860. The van der Waals surface area contributed by atoms with E-state index in [0.717, 1.165) is 12.8 Å². The molecule has 4 heteroatoms. The molecule has 1 aliphatic rings. The summed E-state index contributed by atoms with van der Waals surface area (Å²) in [6, 6.07) is 6.13. The highest BCUT2D eigenvalue weighted by molar-refractivity contribution is 6.01. The molecule has 2 amide bonds. The first kappa shape index (κ1) is 14.7. The van der Waals surface area contributed by atoms with Gasteiger partial charge < -0.3 is 0 Å². The summed E-state index contributed by atoms with van der Waals surface area (Å²) in [5.41, 5.74) is 0.659. The molecule has 3 nitrogen and oxygen atoms in total. The molecule has 1 aromatic carbocycles. The standard InChI is InChI=1S/C16H20FNO2/c1-3-10(4-2)13-9-14(19)18-16(20)15(13)11-6-5-7-12(17)8-11/h5-8,10,13,15H,3-4,9H2,1-2H3,(H,18,19,20). The third-order valence-corrected chi connectivity index (χ3v) is 4.26. The van der Waals surface area contributed by atoms with Gasteiger partial charge in [0, 0.05) is 6.42 Å². The van der Waals surface area contributed by atoms with Gasteiger partial charge in [0.25, 0.3) is 0 Å². The van der Waals surface area contributed by atoms with Crippen LogP contribution in [0.3, 0.4) is 0 Å². The summed E-state index contributed by atoms with van der Waals surface area (Å²) >= 11 is 0. The van der Waals surface area contributed by atoms with Gasteiger partial charge in [0.15, 0.2) is 0 Å². The number of nitrogens with one attached hydrogen (secondary N) is 1. The van der Waals surface area contributed by atoms with Gasteiger partial charge in [-0.1, -0.05) is 38.8 Å². The van der Waals surface area contributed by atoms with Gasteiger partial charge in [0.1, 0.15) is 5.82 Å². The van der Waals surface area contributed by atoms with Crippen LogP contribution in [0.5, 0.6) is 0 Å². The molecule has 2 rings (SSSR count). The molecule has 20 heavy (non-hydrogen) atoms. The van der Waals surface area contributed by atoms with Crippen molar-refractivity contribution in [3.05, 3.63) is 35.6 Å². The Morgan fingerprint density at radius 3 is 2.60 bits per heavy atom. The van der Waals surface area contributed by atoms with Crippen molar-refractivity contribution in [3.63, 3.8) is 0 Å². The zero-order chi connectivity index (χ0) is 14.7. The Labute approximate surface area is 118 Å². The van der Waals surface area contributed by atoms with Crippen LogP contribution in [-0.4, -0.2) is 11.8 Å². The maximum atomic E-state index is 13.4. The number of carbonyl (C=O) groups is 2. The average molecular weight is 277 g/mol. The third kappa shape index (κ3) is 2.89. The SMILES string of the molecule is CCC(CC)C1CC(=O)NC(=O)C1c1cccc(F)c1. The van der Waals surface area contributed by atoms with Gasteiger partial charge in [-0.25, -0.2) is 4.39 Å². The Morgan fingerprint density at radius 2 is 2.00 bits per heavy atom. The van der Waals surface area contributed by atoms with Crippen molar-refractivity contribution < 1.29 is 14.0 Å². The Balaban J connectivity index is 2.39. The second kappa shape index (κ2) is 6.16. The van der Waals surface area contributed by atoms with Crippen molar-refractivity contribution in [2.45, 2.75) is 39.0 Å². The molecule has 1 fully saturated rings. The molecule has 2 atom stereocenters. The van der Waals surface area contributed by atoms with E-state index in [1.807, 2.05) is 0 Å². The van der Waals surface area contributed by atoms with E-state index in [-0.39, 0.29) is 23.5 Å². The number of amides is 2. The minimum atomic E-state index is -0.437. The largest absolute Gasteiger partial charge is 0.296 e. The van der Waals surface area contributed by atoms with Crippen molar-refractivity contribution in [2.75, 3.05) is 0 Å². The molecule has 0 aliphatic carbocycles. The second-order valence-corrected chi connectivity index (χ2v) is 5.39. The topological polar surface area (TPSA) is 46.2 Å². The molecule has 0 spiro atoms. The summed E-state index contributed by atoms with van der Waals surface area (Å²) in [5, 5.41) is 2.38. The fraction of sp³-hybridized carbons (Fsp3) is 0.500. The maximum absolute atomic E-state index is 13.4. The number of hydrogen-bond acceptors (Lipinski definition) is 2. The van der Waals surface area contributed by atoms with Crippen molar-refractivity contribution in [2.24, 2.45) is 11.8 Å². The Kier molecular flexibility index (Phi) is 4.53. The summed E-state index contributed by atoms with van der Waals surface area (Å²) < 4.78 is 13.4. The highest BCUT2D eigenvalue weighted by atomic mass is 19.1. The molecule has 1 aromatic rings. The van der Waals surface area contributed by atoms with Crippen molar-refractivity contribution >= 4 is 11.8 Å². The molecule has 0 bridgehead atoms. The molecule has 1 N–H and O–H groups in total. The van der Waals surface area contributed by atoms with E-state index in [4.69, 9.17) is 0 Å². The van der Waals surface area contributed by atoms with Gasteiger partial charge in [-0.2, -0.15) is 0 Å². The van der Waals surface area contributed by atoms with Gasteiger partial charge in [0.05, 0.1) is 5.92 Å². The monoisotopic (exact) mass is 277 g/mol. The number of carbonyl (C=O) groups excluding carboxylic acids is 2. The normalized spacial score (nSPS) is 23.0. The lowest BCUT2D eigenvalue weighted by molar-refractivity contribution is -0.137. The molecule has 108 valence electrons. The third-order valence-electron chi connectivity index (χ3n) is 4.26. The van der Waals surface area contributed by atoms with E-state index >= 15 is 0 Å². The number of benzene rings is 1. The predicted molar refractivity (Wildman–Crippen MR) is 74.5 cm³/mol. The van der Waals surface area contributed by atoms with Crippen LogP contribution in [-0.2, 0) is 9.59 Å². The molecular weight excluding hydrogens is 257 g/mol. The van der Waals surface area contributed by atoms with Crippen LogP contribution < -0.4 is 5.32 Å². The van der Waals surface area contributed by atoms with E-state index in [9.17, 15) is 14.0 Å². The lowest BCUT2D eigenvalue weighted by atomic mass is 9.71.